The third kappa shape index (κ3) is 4.19. The number of nitrogens with zero attached hydrogens (tertiary/aromatic N) is 2. The first-order chi connectivity index (χ1) is 13.3. The van der Waals surface area contributed by atoms with E-state index in [0.717, 1.165) is 37.1 Å². The molecule has 1 fully saturated rings. The van der Waals surface area contributed by atoms with Crippen LogP contribution in [0.25, 0.3) is 0 Å². The van der Waals surface area contributed by atoms with Crippen LogP contribution >= 0.6 is 0 Å². The molecule has 4 rings (SSSR count). The van der Waals surface area contributed by atoms with Gasteiger partial charge in [-0.3, -0.25) is 5.01 Å². The highest BCUT2D eigenvalue weighted by molar-refractivity contribution is 6.37. The van der Waals surface area contributed by atoms with Gasteiger partial charge >= 0.3 is 5.97 Å². The minimum absolute atomic E-state index is 0.0120. The van der Waals surface area contributed by atoms with E-state index >= 15 is 0 Å². The van der Waals surface area contributed by atoms with Gasteiger partial charge in [0.2, 0.25) is 0 Å². The van der Waals surface area contributed by atoms with Gasteiger partial charge in [-0.2, -0.15) is 5.10 Å². The summed E-state index contributed by atoms with van der Waals surface area (Å²) in [7, 11) is 0. The van der Waals surface area contributed by atoms with Crippen LogP contribution in [-0.2, 0) is 14.3 Å². The number of rotatable bonds is 5. The van der Waals surface area contributed by atoms with Crippen molar-refractivity contribution in [3.63, 3.8) is 0 Å². The Bertz CT molecular complexity index is 786. The number of hydrogen-bond acceptors (Lipinski definition) is 5. The van der Waals surface area contributed by atoms with E-state index in [4.69, 9.17) is 9.47 Å². The predicted molar refractivity (Wildman–Crippen MR) is 105 cm³/mol. The van der Waals surface area contributed by atoms with Gasteiger partial charge in [0.1, 0.15) is 12.3 Å². The average Bonchev–Trinajstić information content (AvgIpc) is 3.20. The highest BCUT2D eigenvalue weighted by atomic mass is 16.6. The molecule has 0 saturated carbocycles. The molecule has 2 aliphatic heterocycles. The first-order valence-corrected chi connectivity index (χ1v) is 9.57. The zero-order valence-electron chi connectivity index (χ0n) is 15.3. The molecule has 0 bridgehead atoms. The van der Waals surface area contributed by atoms with Gasteiger partial charge in [0.05, 0.1) is 17.8 Å². The van der Waals surface area contributed by atoms with Gasteiger partial charge in [0.15, 0.2) is 0 Å². The smallest absolute Gasteiger partial charge is 0.354 e. The Kier molecular flexibility index (Phi) is 5.49. The predicted octanol–water partition coefficient (Wildman–Crippen LogP) is 4.11. The van der Waals surface area contributed by atoms with E-state index in [-0.39, 0.29) is 18.1 Å². The van der Waals surface area contributed by atoms with Crippen LogP contribution in [0, 0.1) is 0 Å². The average molecular weight is 364 g/mol. The second kappa shape index (κ2) is 8.35. The van der Waals surface area contributed by atoms with Crippen molar-refractivity contribution in [2.45, 2.75) is 37.8 Å². The van der Waals surface area contributed by atoms with E-state index in [9.17, 15) is 4.79 Å². The maximum absolute atomic E-state index is 12.6. The number of ether oxygens (including phenoxy) is 2. The summed E-state index contributed by atoms with van der Waals surface area (Å²) in [5.74, 6) is -0.344. The van der Waals surface area contributed by atoms with Gasteiger partial charge < -0.3 is 9.47 Å². The molecule has 0 aromatic heterocycles. The maximum Gasteiger partial charge on any atom is 0.354 e. The van der Waals surface area contributed by atoms with E-state index in [1.54, 1.807) is 0 Å². The molecule has 5 heteroatoms. The summed E-state index contributed by atoms with van der Waals surface area (Å²) in [4.78, 5) is 12.6. The van der Waals surface area contributed by atoms with Crippen molar-refractivity contribution in [2.75, 3.05) is 18.2 Å². The number of anilines is 1. The van der Waals surface area contributed by atoms with Crippen molar-refractivity contribution in [3.05, 3.63) is 66.2 Å². The molecule has 0 N–H and O–H groups in total. The molecule has 2 aromatic rings. The zero-order chi connectivity index (χ0) is 18.5. The zero-order valence-corrected chi connectivity index (χ0v) is 15.3. The lowest BCUT2D eigenvalue weighted by Gasteiger charge is -2.23. The van der Waals surface area contributed by atoms with Crippen molar-refractivity contribution >= 4 is 17.4 Å². The standard InChI is InChI=1S/C22H24N2O3/c25-22(27-16-19-13-7-8-14-26-19)20-15-21(17-9-3-1-4-10-17)24(23-20)18-11-5-2-6-12-18/h1-6,9-12,19,21H,7-8,13-16H2. The van der Waals surface area contributed by atoms with Crippen LogP contribution in [0.2, 0.25) is 0 Å². The fraction of sp³-hybridized carbons (Fsp3) is 0.364. The fourth-order valence-corrected chi connectivity index (χ4v) is 3.58. The molecule has 140 valence electrons. The minimum Gasteiger partial charge on any atom is -0.458 e. The molecule has 0 spiro atoms. The van der Waals surface area contributed by atoms with Crippen LogP contribution in [0.4, 0.5) is 5.69 Å². The first-order valence-electron chi connectivity index (χ1n) is 9.57. The highest BCUT2D eigenvalue weighted by Crippen LogP contribution is 2.35. The Morgan fingerprint density at radius 3 is 2.52 bits per heavy atom. The van der Waals surface area contributed by atoms with Crippen molar-refractivity contribution in [2.24, 2.45) is 5.10 Å². The summed E-state index contributed by atoms with van der Waals surface area (Å²) in [6, 6.07) is 20.1. The Hall–Kier alpha value is -2.66. The highest BCUT2D eigenvalue weighted by Gasteiger charge is 2.33. The molecule has 0 aliphatic carbocycles. The molecule has 2 atom stereocenters. The number of benzene rings is 2. The molecule has 0 amide bonds. The maximum atomic E-state index is 12.6. The van der Waals surface area contributed by atoms with Crippen LogP contribution in [0.1, 0.15) is 37.3 Å². The van der Waals surface area contributed by atoms with Crippen molar-refractivity contribution in [1.82, 2.24) is 0 Å². The van der Waals surface area contributed by atoms with E-state index in [0.29, 0.717) is 18.7 Å². The van der Waals surface area contributed by atoms with Gasteiger partial charge in [0, 0.05) is 13.0 Å². The van der Waals surface area contributed by atoms with Crippen LogP contribution < -0.4 is 5.01 Å². The van der Waals surface area contributed by atoms with Gasteiger partial charge in [0.25, 0.3) is 0 Å². The molecular formula is C22H24N2O3. The number of esters is 1. The minimum atomic E-state index is -0.344. The van der Waals surface area contributed by atoms with Crippen LogP contribution in [0.5, 0.6) is 0 Å². The van der Waals surface area contributed by atoms with E-state index in [1.165, 1.54) is 0 Å². The second-order valence-corrected chi connectivity index (χ2v) is 6.94. The molecule has 27 heavy (non-hydrogen) atoms. The lowest BCUT2D eigenvalue weighted by Crippen LogP contribution is -2.28. The largest absolute Gasteiger partial charge is 0.458 e. The lowest BCUT2D eigenvalue weighted by molar-refractivity contribution is -0.141. The second-order valence-electron chi connectivity index (χ2n) is 6.94. The number of carbonyl (C=O) groups excluding carboxylic acids is 1. The quantitative estimate of drug-likeness (QED) is 0.750. The van der Waals surface area contributed by atoms with Gasteiger partial charge in [-0.15, -0.1) is 0 Å². The van der Waals surface area contributed by atoms with E-state index in [2.05, 4.69) is 17.2 Å². The summed E-state index contributed by atoms with van der Waals surface area (Å²) in [6.07, 6.45) is 3.70. The molecular weight excluding hydrogens is 340 g/mol. The normalized spacial score (nSPS) is 22.4. The third-order valence-electron chi connectivity index (χ3n) is 5.03. The number of hydrogen-bond donors (Lipinski definition) is 0. The summed E-state index contributed by atoms with van der Waals surface area (Å²) in [5, 5.41) is 6.53. The topological polar surface area (TPSA) is 51.1 Å². The summed E-state index contributed by atoms with van der Waals surface area (Å²) in [6.45, 7) is 1.06. The summed E-state index contributed by atoms with van der Waals surface area (Å²) >= 11 is 0. The molecule has 2 aliphatic rings. The van der Waals surface area contributed by atoms with Crippen molar-refractivity contribution in [3.8, 4) is 0 Å². The Labute approximate surface area is 159 Å². The number of para-hydroxylation sites is 1. The van der Waals surface area contributed by atoms with Crippen molar-refractivity contribution < 1.29 is 14.3 Å². The third-order valence-corrected chi connectivity index (χ3v) is 5.03. The Morgan fingerprint density at radius 2 is 1.81 bits per heavy atom. The fourth-order valence-electron chi connectivity index (χ4n) is 3.58. The number of carbonyl (C=O) groups is 1. The summed E-state index contributed by atoms with van der Waals surface area (Å²) in [5.41, 5.74) is 2.55. The molecule has 2 heterocycles. The van der Waals surface area contributed by atoms with Gasteiger partial charge in [-0.25, -0.2) is 4.79 Å². The monoisotopic (exact) mass is 364 g/mol. The van der Waals surface area contributed by atoms with Crippen molar-refractivity contribution in [1.29, 1.82) is 0 Å². The van der Waals surface area contributed by atoms with Crippen LogP contribution in [0.15, 0.2) is 65.8 Å². The van der Waals surface area contributed by atoms with Crippen LogP contribution in [0.3, 0.4) is 0 Å². The lowest BCUT2D eigenvalue weighted by atomic mass is 10.0. The molecule has 1 saturated heterocycles. The number of hydrazone groups is 1. The van der Waals surface area contributed by atoms with Gasteiger partial charge in [-0.1, -0.05) is 48.5 Å². The Morgan fingerprint density at radius 1 is 1.07 bits per heavy atom. The molecule has 2 aromatic carbocycles. The van der Waals surface area contributed by atoms with Crippen LogP contribution in [-0.4, -0.2) is 31.0 Å². The molecule has 2 unspecified atom stereocenters. The van der Waals surface area contributed by atoms with E-state index < -0.39 is 0 Å². The first kappa shape index (κ1) is 17.7. The van der Waals surface area contributed by atoms with E-state index in [1.807, 2.05) is 53.5 Å². The molecule has 5 nitrogen and oxygen atoms in total. The molecule has 0 radical (unpaired) electrons. The van der Waals surface area contributed by atoms with Gasteiger partial charge in [-0.05, 0) is 37.0 Å². The summed E-state index contributed by atoms with van der Waals surface area (Å²) < 4.78 is 11.2. The Balaban J connectivity index is 1.50. The SMILES string of the molecule is O=C(OCC1CCCCO1)C1=NN(c2ccccc2)C(c2ccccc2)C1.